The first-order valence-electron chi connectivity index (χ1n) is 8.94. The van der Waals surface area contributed by atoms with E-state index in [0.717, 1.165) is 29.5 Å². The summed E-state index contributed by atoms with van der Waals surface area (Å²) in [6.45, 7) is 5.84. The summed E-state index contributed by atoms with van der Waals surface area (Å²) in [6, 6.07) is 3.29. The number of aromatic nitrogens is 5. The van der Waals surface area contributed by atoms with E-state index >= 15 is 0 Å². The van der Waals surface area contributed by atoms with Crippen molar-refractivity contribution in [2.24, 2.45) is 0 Å². The van der Waals surface area contributed by atoms with E-state index in [4.69, 9.17) is 0 Å². The Labute approximate surface area is 160 Å². The molecule has 0 saturated carbocycles. The zero-order valence-corrected chi connectivity index (χ0v) is 15.7. The molecule has 0 fully saturated rings. The Morgan fingerprint density at radius 2 is 1.96 bits per heavy atom. The summed E-state index contributed by atoms with van der Waals surface area (Å²) in [7, 11) is 0. The first-order valence-corrected chi connectivity index (χ1v) is 8.94. The average Bonchev–Trinajstić information content (AvgIpc) is 3.26. The van der Waals surface area contributed by atoms with Crippen molar-refractivity contribution in [2.75, 3.05) is 0 Å². The van der Waals surface area contributed by atoms with E-state index in [-0.39, 0.29) is 11.3 Å². The van der Waals surface area contributed by atoms with Crippen LogP contribution in [0.2, 0.25) is 0 Å². The Balaban J connectivity index is 1.83. The minimum Gasteiger partial charge on any atom is -0.504 e. The van der Waals surface area contributed by atoms with E-state index in [1.807, 2.05) is 6.92 Å². The molecule has 0 aliphatic rings. The fraction of sp³-hybridized carbons (Fsp3) is 0.250. The van der Waals surface area contributed by atoms with Gasteiger partial charge in [0, 0.05) is 18.0 Å². The van der Waals surface area contributed by atoms with Crippen LogP contribution in [0.3, 0.4) is 0 Å². The van der Waals surface area contributed by atoms with Crippen LogP contribution in [0.4, 0.5) is 8.78 Å². The van der Waals surface area contributed by atoms with Crippen molar-refractivity contribution < 1.29 is 13.9 Å². The molecule has 1 N–H and O–H groups in total. The molecule has 0 unspecified atom stereocenters. The fourth-order valence-corrected chi connectivity index (χ4v) is 3.41. The maximum atomic E-state index is 14.2. The third kappa shape index (κ3) is 2.81. The largest absolute Gasteiger partial charge is 0.504 e. The van der Waals surface area contributed by atoms with E-state index in [1.54, 1.807) is 35.3 Å². The maximum Gasteiger partial charge on any atom is 0.159 e. The minimum absolute atomic E-state index is 0.0922. The smallest absolute Gasteiger partial charge is 0.159 e. The quantitative estimate of drug-likeness (QED) is 0.582. The van der Waals surface area contributed by atoms with Crippen LogP contribution in [0, 0.1) is 25.5 Å². The highest BCUT2D eigenvalue weighted by Gasteiger charge is 2.19. The molecule has 8 heteroatoms. The highest BCUT2D eigenvalue weighted by atomic mass is 19.1. The molecule has 0 saturated heterocycles. The highest BCUT2D eigenvalue weighted by Crippen LogP contribution is 2.27. The van der Waals surface area contributed by atoms with Crippen molar-refractivity contribution in [3.63, 3.8) is 0 Å². The number of halogens is 2. The van der Waals surface area contributed by atoms with E-state index in [0.29, 0.717) is 35.8 Å². The van der Waals surface area contributed by atoms with Crippen molar-refractivity contribution in [2.45, 2.75) is 33.7 Å². The van der Waals surface area contributed by atoms with Gasteiger partial charge in [0.2, 0.25) is 0 Å². The van der Waals surface area contributed by atoms with Crippen LogP contribution in [-0.4, -0.2) is 29.3 Å². The van der Waals surface area contributed by atoms with Crippen LogP contribution < -0.4 is 0 Å². The van der Waals surface area contributed by atoms with Gasteiger partial charge >= 0.3 is 0 Å². The Kier molecular flexibility index (Phi) is 4.33. The van der Waals surface area contributed by atoms with Crippen molar-refractivity contribution in [3.05, 3.63) is 64.9 Å². The molecule has 0 aliphatic heterocycles. The molecule has 0 bridgehead atoms. The number of nitrogens with zero attached hydrogens (tertiary/aromatic N) is 5. The summed E-state index contributed by atoms with van der Waals surface area (Å²) in [5, 5.41) is 14.8. The summed E-state index contributed by atoms with van der Waals surface area (Å²) < 4.78 is 31.2. The predicted molar refractivity (Wildman–Crippen MR) is 100 cm³/mol. The van der Waals surface area contributed by atoms with Crippen LogP contribution in [0.1, 0.15) is 29.6 Å². The van der Waals surface area contributed by atoms with Gasteiger partial charge in [-0.3, -0.25) is 0 Å². The monoisotopic (exact) mass is 383 g/mol. The summed E-state index contributed by atoms with van der Waals surface area (Å²) in [5.41, 5.74) is 3.59. The lowest BCUT2D eigenvalue weighted by molar-refractivity contribution is 0.456. The van der Waals surface area contributed by atoms with Gasteiger partial charge in [-0.25, -0.2) is 23.3 Å². The van der Waals surface area contributed by atoms with E-state index < -0.39 is 11.6 Å². The first-order chi connectivity index (χ1) is 13.4. The number of hydrogen-bond acceptors (Lipinski definition) is 4. The zero-order chi connectivity index (χ0) is 20.0. The van der Waals surface area contributed by atoms with Gasteiger partial charge in [0.05, 0.1) is 29.2 Å². The molecule has 0 spiro atoms. The van der Waals surface area contributed by atoms with Crippen molar-refractivity contribution >= 4 is 5.65 Å². The topological polar surface area (TPSA) is 68.2 Å². The van der Waals surface area contributed by atoms with Gasteiger partial charge in [-0.15, -0.1) is 0 Å². The number of benzene rings is 1. The van der Waals surface area contributed by atoms with Crippen LogP contribution >= 0.6 is 0 Å². The average molecular weight is 383 g/mol. The molecular weight excluding hydrogens is 364 g/mol. The lowest BCUT2D eigenvalue weighted by Crippen LogP contribution is -2.05. The molecule has 4 aromatic rings. The number of hydrogen-bond donors (Lipinski definition) is 1. The first kappa shape index (κ1) is 18.1. The second kappa shape index (κ2) is 6.70. The Morgan fingerprint density at radius 3 is 2.71 bits per heavy atom. The SMILES string of the molecule is CCc1c(Cn2ccnc2-c2cc(F)ccc2F)nn2c(C)c(O)c(C)nc12. The molecule has 0 atom stereocenters. The molecular formula is C20H19F2N5O. The second-order valence-corrected chi connectivity index (χ2v) is 6.65. The number of aromatic hydroxyl groups is 1. The lowest BCUT2D eigenvalue weighted by atomic mass is 10.1. The van der Waals surface area contributed by atoms with Crippen LogP contribution in [-0.2, 0) is 13.0 Å². The summed E-state index contributed by atoms with van der Waals surface area (Å²) in [5.74, 6) is -0.648. The number of fused-ring (bicyclic) bond motifs is 1. The molecule has 6 nitrogen and oxygen atoms in total. The Morgan fingerprint density at radius 1 is 1.18 bits per heavy atom. The summed E-state index contributed by atoms with van der Waals surface area (Å²) in [4.78, 5) is 8.68. The number of aryl methyl sites for hydroxylation is 3. The van der Waals surface area contributed by atoms with Crippen LogP contribution in [0.5, 0.6) is 5.75 Å². The maximum absolute atomic E-state index is 14.2. The molecule has 28 heavy (non-hydrogen) atoms. The summed E-state index contributed by atoms with van der Waals surface area (Å²) >= 11 is 0. The molecule has 3 heterocycles. The van der Waals surface area contributed by atoms with Crippen molar-refractivity contribution in [1.29, 1.82) is 0 Å². The molecule has 144 valence electrons. The molecule has 3 aromatic heterocycles. The Hall–Kier alpha value is -3.29. The van der Waals surface area contributed by atoms with E-state index in [1.165, 1.54) is 0 Å². The molecule has 4 rings (SSSR count). The lowest BCUT2D eigenvalue weighted by Gasteiger charge is -2.08. The van der Waals surface area contributed by atoms with Crippen molar-refractivity contribution in [3.8, 4) is 17.1 Å². The molecule has 1 aromatic carbocycles. The van der Waals surface area contributed by atoms with Gasteiger partial charge in [0.15, 0.2) is 11.4 Å². The van der Waals surface area contributed by atoms with Gasteiger partial charge in [0.25, 0.3) is 0 Å². The fourth-order valence-electron chi connectivity index (χ4n) is 3.41. The standard InChI is InChI=1S/C20H19F2N5O/c1-4-14-17(25-27-12(3)18(28)11(2)24-20(14)27)10-26-8-7-23-19(26)15-9-13(21)5-6-16(15)22/h5-9,28H,4,10H2,1-3H3. The minimum atomic E-state index is -0.544. The van der Waals surface area contributed by atoms with Crippen LogP contribution in [0.15, 0.2) is 30.6 Å². The van der Waals surface area contributed by atoms with Gasteiger partial charge in [-0.2, -0.15) is 5.10 Å². The number of rotatable bonds is 4. The Bertz CT molecular complexity index is 1200. The van der Waals surface area contributed by atoms with Crippen LogP contribution in [0.25, 0.3) is 17.0 Å². The van der Waals surface area contributed by atoms with Crippen molar-refractivity contribution in [1.82, 2.24) is 24.1 Å². The predicted octanol–water partition coefficient (Wildman–Crippen LogP) is 3.80. The molecule has 0 amide bonds. The van der Waals surface area contributed by atoms with Gasteiger partial charge in [0.1, 0.15) is 17.5 Å². The van der Waals surface area contributed by atoms with Gasteiger partial charge in [-0.05, 0) is 38.5 Å². The van der Waals surface area contributed by atoms with Gasteiger partial charge in [-0.1, -0.05) is 6.92 Å². The third-order valence-electron chi connectivity index (χ3n) is 4.87. The second-order valence-electron chi connectivity index (χ2n) is 6.65. The van der Waals surface area contributed by atoms with Gasteiger partial charge < -0.3 is 9.67 Å². The highest BCUT2D eigenvalue weighted by molar-refractivity contribution is 5.58. The molecule has 0 aliphatic carbocycles. The molecule has 0 radical (unpaired) electrons. The summed E-state index contributed by atoms with van der Waals surface area (Å²) in [6.07, 6.45) is 3.93. The number of imidazole rings is 1. The normalized spacial score (nSPS) is 11.5. The van der Waals surface area contributed by atoms with E-state index in [9.17, 15) is 13.9 Å². The van der Waals surface area contributed by atoms with E-state index in [2.05, 4.69) is 15.1 Å². The zero-order valence-electron chi connectivity index (χ0n) is 15.7. The third-order valence-corrected chi connectivity index (χ3v) is 4.87.